The largest absolute Gasteiger partial charge is 0.358 e. The number of nitrogens with zero attached hydrogens (tertiary/aromatic N) is 3. The van der Waals surface area contributed by atoms with Crippen molar-refractivity contribution in [1.29, 1.82) is 0 Å². The van der Waals surface area contributed by atoms with E-state index in [0.29, 0.717) is 11.3 Å². The lowest BCUT2D eigenvalue weighted by Gasteiger charge is -2.39. The number of carbonyl (C=O) groups is 1. The van der Waals surface area contributed by atoms with E-state index in [9.17, 15) is 4.79 Å². The van der Waals surface area contributed by atoms with Crippen LogP contribution in [0.3, 0.4) is 0 Å². The van der Waals surface area contributed by atoms with Crippen molar-refractivity contribution >= 4 is 17.7 Å². The average Bonchev–Trinajstić information content (AvgIpc) is 3.22. The molecule has 3 heterocycles. The number of amides is 1. The maximum absolute atomic E-state index is 12.6. The fourth-order valence-electron chi connectivity index (χ4n) is 4.73. The Morgan fingerprint density at radius 2 is 1.90 bits per heavy atom. The Hall–Kier alpha value is -1.89. The van der Waals surface area contributed by atoms with E-state index in [1.54, 1.807) is 7.05 Å². The second-order valence-electron chi connectivity index (χ2n) is 8.28. The van der Waals surface area contributed by atoms with E-state index in [2.05, 4.69) is 56.5 Å². The molecule has 2 atom stereocenters. The molecule has 1 aromatic carbocycles. The van der Waals surface area contributed by atoms with Gasteiger partial charge in [-0.25, -0.2) is 4.98 Å². The van der Waals surface area contributed by atoms with Gasteiger partial charge in [-0.1, -0.05) is 36.4 Å². The highest BCUT2D eigenvalue weighted by Gasteiger charge is 2.41. The van der Waals surface area contributed by atoms with Crippen LogP contribution >= 0.6 is 11.8 Å². The summed E-state index contributed by atoms with van der Waals surface area (Å²) >= 11 is 1.81. The predicted molar refractivity (Wildman–Crippen MR) is 123 cm³/mol. The quantitative estimate of drug-likeness (QED) is 0.740. The topological polar surface area (TPSA) is 48.5 Å². The van der Waals surface area contributed by atoms with E-state index in [0.717, 1.165) is 56.9 Å². The molecule has 2 saturated heterocycles. The molecule has 2 fully saturated rings. The molecule has 0 spiro atoms. The third-order valence-electron chi connectivity index (χ3n) is 6.36. The number of nitrogens with one attached hydrogen (secondary N) is 1. The molecule has 30 heavy (non-hydrogen) atoms. The normalized spacial score (nSPS) is 23.5. The van der Waals surface area contributed by atoms with Crippen LogP contribution in [-0.4, -0.2) is 71.3 Å². The molecule has 0 bridgehead atoms. The molecule has 1 amide bonds. The zero-order valence-electron chi connectivity index (χ0n) is 17.7. The molecule has 5 nitrogen and oxygen atoms in total. The van der Waals surface area contributed by atoms with Gasteiger partial charge in [0, 0.05) is 37.6 Å². The SMILES string of the molecule is CNC(=O)[C@@H]1C[C@@H](Sc2ccccn2)CN1C1CCN(CCc2ccccc2)CC1. The summed E-state index contributed by atoms with van der Waals surface area (Å²) in [5.74, 6) is 0.158. The molecular formula is C24H32N4OS. The highest BCUT2D eigenvalue weighted by molar-refractivity contribution is 7.99. The van der Waals surface area contributed by atoms with Gasteiger partial charge >= 0.3 is 0 Å². The summed E-state index contributed by atoms with van der Waals surface area (Å²) in [6, 6.07) is 17.3. The first-order valence-electron chi connectivity index (χ1n) is 11.0. The average molecular weight is 425 g/mol. The van der Waals surface area contributed by atoms with Gasteiger partial charge in [0.1, 0.15) is 0 Å². The molecule has 1 aromatic heterocycles. The molecule has 2 aromatic rings. The van der Waals surface area contributed by atoms with E-state index >= 15 is 0 Å². The van der Waals surface area contributed by atoms with Crippen LogP contribution in [0, 0.1) is 0 Å². The van der Waals surface area contributed by atoms with E-state index in [1.165, 1.54) is 5.56 Å². The zero-order chi connectivity index (χ0) is 20.8. The number of rotatable bonds is 7. The van der Waals surface area contributed by atoms with Crippen LogP contribution < -0.4 is 5.32 Å². The summed E-state index contributed by atoms with van der Waals surface area (Å²) in [6.07, 6.45) is 6.14. The Kier molecular flexibility index (Phi) is 7.42. The first-order valence-corrected chi connectivity index (χ1v) is 11.9. The van der Waals surface area contributed by atoms with Crippen LogP contribution in [0.25, 0.3) is 0 Å². The fraction of sp³-hybridized carbons (Fsp3) is 0.500. The van der Waals surface area contributed by atoms with Crippen molar-refractivity contribution in [2.75, 3.05) is 33.2 Å². The number of hydrogen-bond donors (Lipinski definition) is 1. The van der Waals surface area contributed by atoms with Crippen molar-refractivity contribution in [2.45, 2.75) is 48.0 Å². The molecule has 0 saturated carbocycles. The minimum Gasteiger partial charge on any atom is -0.358 e. The van der Waals surface area contributed by atoms with Crippen molar-refractivity contribution in [3.63, 3.8) is 0 Å². The Morgan fingerprint density at radius 1 is 1.13 bits per heavy atom. The summed E-state index contributed by atoms with van der Waals surface area (Å²) in [7, 11) is 1.76. The van der Waals surface area contributed by atoms with Gasteiger partial charge in [-0.05, 0) is 56.5 Å². The number of pyridine rings is 1. The summed E-state index contributed by atoms with van der Waals surface area (Å²) in [6.45, 7) is 4.32. The van der Waals surface area contributed by atoms with Gasteiger partial charge in [0.05, 0.1) is 11.1 Å². The summed E-state index contributed by atoms with van der Waals surface area (Å²) < 4.78 is 0. The summed E-state index contributed by atoms with van der Waals surface area (Å²) in [4.78, 5) is 22.1. The van der Waals surface area contributed by atoms with Gasteiger partial charge in [-0.3, -0.25) is 9.69 Å². The molecule has 0 unspecified atom stereocenters. The molecule has 6 heteroatoms. The van der Waals surface area contributed by atoms with Crippen LogP contribution in [0.2, 0.25) is 0 Å². The number of carbonyl (C=O) groups excluding carboxylic acids is 1. The van der Waals surface area contributed by atoms with Gasteiger partial charge in [-0.15, -0.1) is 11.8 Å². The lowest BCUT2D eigenvalue weighted by atomic mass is 10.0. The Bertz CT molecular complexity index is 795. The van der Waals surface area contributed by atoms with Crippen LogP contribution in [-0.2, 0) is 11.2 Å². The van der Waals surface area contributed by atoms with Crippen LogP contribution in [0.1, 0.15) is 24.8 Å². The minimum absolute atomic E-state index is 0.0166. The van der Waals surface area contributed by atoms with Gasteiger partial charge in [0.15, 0.2) is 0 Å². The third kappa shape index (κ3) is 5.42. The number of likely N-dealkylation sites (N-methyl/N-ethyl adjacent to an activating group) is 1. The number of thioether (sulfide) groups is 1. The first kappa shape index (κ1) is 21.3. The second-order valence-corrected chi connectivity index (χ2v) is 9.60. The number of piperidine rings is 1. The fourth-order valence-corrected chi connectivity index (χ4v) is 5.87. The van der Waals surface area contributed by atoms with E-state index in [4.69, 9.17) is 0 Å². The van der Waals surface area contributed by atoms with Crippen molar-refractivity contribution < 1.29 is 4.79 Å². The van der Waals surface area contributed by atoms with Crippen molar-refractivity contribution in [2.24, 2.45) is 0 Å². The van der Waals surface area contributed by atoms with Crippen molar-refractivity contribution in [3.8, 4) is 0 Å². The molecule has 0 radical (unpaired) electrons. The third-order valence-corrected chi connectivity index (χ3v) is 7.52. The zero-order valence-corrected chi connectivity index (χ0v) is 18.6. The van der Waals surface area contributed by atoms with E-state index < -0.39 is 0 Å². The lowest BCUT2D eigenvalue weighted by molar-refractivity contribution is -0.126. The first-order chi connectivity index (χ1) is 14.7. The predicted octanol–water partition coefficient (Wildman–Crippen LogP) is 3.07. The smallest absolute Gasteiger partial charge is 0.237 e. The minimum atomic E-state index is -0.0166. The summed E-state index contributed by atoms with van der Waals surface area (Å²) in [5.41, 5.74) is 1.41. The van der Waals surface area contributed by atoms with Crippen molar-refractivity contribution in [3.05, 3.63) is 60.3 Å². The van der Waals surface area contributed by atoms with Gasteiger partial charge in [0.25, 0.3) is 0 Å². The molecule has 2 aliphatic heterocycles. The molecule has 4 rings (SSSR count). The number of benzene rings is 1. The Balaban J connectivity index is 1.32. The summed E-state index contributed by atoms with van der Waals surface area (Å²) in [5, 5.41) is 4.36. The van der Waals surface area contributed by atoms with Crippen LogP contribution in [0.5, 0.6) is 0 Å². The number of hydrogen-bond acceptors (Lipinski definition) is 5. The monoisotopic (exact) mass is 424 g/mol. The molecule has 2 aliphatic rings. The molecule has 160 valence electrons. The lowest BCUT2D eigenvalue weighted by Crippen LogP contribution is -2.51. The molecule has 0 aliphatic carbocycles. The van der Waals surface area contributed by atoms with Crippen LogP contribution in [0.4, 0.5) is 0 Å². The maximum atomic E-state index is 12.6. The highest BCUT2D eigenvalue weighted by atomic mass is 32.2. The van der Waals surface area contributed by atoms with E-state index in [-0.39, 0.29) is 11.9 Å². The Labute approximate surface area is 184 Å². The second kappa shape index (κ2) is 10.4. The number of likely N-dealkylation sites (tertiary alicyclic amines) is 2. The highest BCUT2D eigenvalue weighted by Crippen LogP contribution is 2.35. The van der Waals surface area contributed by atoms with Gasteiger partial charge in [0.2, 0.25) is 5.91 Å². The van der Waals surface area contributed by atoms with E-state index in [1.807, 2.05) is 30.1 Å². The molecular weight excluding hydrogens is 392 g/mol. The maximum Gasteiger partial charge on any atom is 0.237 e. The van der Waals surface area contributed by atoms with Crippen molar-refractivity contribution in [1.82, 2.24) is 20.1 Å². The van der Waals surface area contributed by atoms with Crippen LogP contribution in [0.15, 0.2) is 59.8 Å². The van der Waals surface area contributed by atoms with Gasteiger partial charge in [-0.2, -0.15) is 0 Å². The van der Waals surface area contributed by atoms with Gasteiger partial charge < -0.3 is 10.2 Å². The standard InChI is InChI=1S/C24H32N4OS/c1-25-24(29)22-17-21(30-23-9-5-6-13-26-23)18-28(22)20-11-15-27(16-12-20)14-10-19-7-3-2-4-8-19/h2-9,13,20-22H,10-12,14-18H2,1H3,(H,25,29)/t21-,22+/m1/s1. The number of aromatic nitrogens is 1. The Morgan fingerprint density at radius 3 is 2.60 bits per heavy atom. The molecule has 1 N–H and O–H groups in total.